The summed E-state index contributed by atoms with van der Waals surface area (Å²) in [6, 6.07) is 0.321. The third-order valence-corrected chi connectivity index (χ3v) is 2.35. The van der Waals surface area contributed by atoms with Gasteiger partial charge in [-0.15, -0.1) is 0 Å². The summed E-state index contributed by atoms with van der Waals surface area (Å²) < 4.78 is 10.3. The average molecular weight is 224 g/mol. The highest BCUT2D eigenvalue weighted by Crippen LogP contribution is 2.08. The van der Waals surface area contributed by atoms with Gasteiger partial charge in [0.1, 0.15) is 5.82 Å². The van der Waals surface area contributed by atoms with Gasteiger partial charge in [0.05, 0.1) is 32.7 Å². The number of hydrogen-bond acceptors (Lipinski definition) is 6. The number of ether oxygens (including phenoxy) is 2. The topological polar surface area (TPSA) is 68.3 Å². The summed E-state index contributed by atoms with van der Waals surface area (Å²) in [5, 5.41) is 6.54. The first-order chi connectivity index (χ1) is 7.88. The first-order valence-electron chi connectivity index (χ1n) is 5.29. The predicted molar refractivity (Wildman–Crippen MR) is 59.7 cm³/mol. The van der Waals surface area contributed by atoms with Crippen molar-refractivity contribution < 1.29 is 9.47 Å². The maximum Gasteiger partial charge on any atom is 0.233 e. The van der Waals surface area contributed by atoms with Gasteiger partial charge < -0.3 is 20.1 Å². The molecule has 6 heteroatoms. The van der Waals surface area contributed by atoms with Crippen LogP contribution in [0.15, 0.2) is 12.4 Å². The van der Waals surface area contributed by atoms with E-state index in [1.165, 1.54) is 0 Å². The Morgan fingerprint density at radius 3 is 3.31 bits per heavy atom. The molecule has 0 bridgehead atoms. The van der Waals surface area contributed by atoms with Crippen LogP contribution in [-0.2, 0) is 4.74 Å². The number of rotatable bonds is 4. The van der Waals surface area contributed by atoms with E-state index in [0.717, 1.165) is 26.3 Å². The predicted octanol–water partition coefficient (Wildman–Crippen LogP) is -0.115. The van der Waals surface area contributed by atoms with Crippen LogP contribution in [0.3, 0.4) is 0 Å². The van der Waals surface area contributed by atoms with Crippen molar-refractivity contribution in [3.8, 4) is 5.88 Å². The fourth-order valence-corrected chi connectivity index (χ4v) is 1.51. The van der Waals surface area contributed by atoms with E-state index in [-0.39, 0.29) is 0 Å². The molecule has 2 N–H and O–H groups in total. The molecule has 1 aliphatic heterocycles. The van der Waals surface area contributed by atoms with E-state index < -0.39 is 0 Å². The molecule has 1 aromatic rings. The number of nitrogens with one attached hydrogen (secondary N) is 2. The van der Waals surface area contributed by atoms with Gasteiger partial charge in [-0.05, 0) is 0 Å². The zero-order valence-electron chi connectivity index (χ0n) is 9.27. The van der Waals surface area contributed by atoms with E-state index in [1.807, 2.05) is 0 Å². The van der Waals surface area contributed by atoms with Gasteiger partial charge in [-0.1, -0.05) is 0 Å². The molecule has 1 saturated heterocycles. The number of morpholine rings is 1. The van der Waals surface area contributed by atoms with Crippen LogP contribution >= 0.6 is 0 Å². The first kappa shape index (κ1) is 11.1. The molecule has 2 heterocycles. The summed E-state index contributed by atoms with van der Waals surface area (Å²) in [4.78, 5) is 8.23. The number of hydrogen-bond donors (Lipinski definition) is 2. The molecule has 0 saturated carbocycles. The van der Waals surface area contributed by atoms with Crippen molar-refractivity contribution in [2.45, 2.75) is 6.04 Å². The Morgan fingerprint density at radius 1 is 1.62 bits per heavy atom. The normalized spacial score (nSPS) is 20.4. The molecule has 1 aliphatic rings. The molecule has 6 nitrogen and oxygen atoms in total. The van der Waals surface area contributed by atoms with Crippen LogP contribution in [0.2, 0.25) is 0 Å². The van der Waals surface area contributed by atoms with Crippen LogP contribution in [0.5, 0.6) is 5.88 Å². The van der Waals surface area contributed by atoms with Crippen molar-refractivity contribution in [3.05, 3.63) is 12.4 Å². The smallest absolute Gasteiger partial charge is 0.233 e. The number of aromatic nitrogens is 2. The molecule has 1 fully saturated rings. The van der Waals surface area contributed by atoms with Crippen molar-refractivity contribution in [2.24, 2.45) is 0 Å². The molecule has 1 unspecified atom stereocenters. The van der Waals surface area contributed by atoms with E-state index in [0.29, 0.717) is 17.7 Å². The van der Waals surface area contributed by atoms with Crippen molar-refractivity contribution in [3.63, 3.8) is 0 Å². The van der Waals surface area contributed by atoms with Crippen molar-refractivity contribution in [1.82, 2.24) is 15.3 Å². The lowest BCUT2D eigenvalue weighted by Crippen LogP contribution is -2.45. The summed E-state index contributed by atoms with van der Waals surface area (Å²) in [5.41, 5.74) is 0. The standard InChI is InChI=1S/C10H16N4O2/c1-15-10-6-11-5-9(14-10)13-4-8-7-16-3-2-12-8/h5-6,8,12H,2-4,7H2,1H3,(H,13,14). The first-order valence-corrected chi connectivity index (χ1v) is 5.29. The van der Waals surface area contributed by atoms with E-state index in [4.69, 9.17) is 9.47 Å². The van der Waals surface area contributed by atoms with Crippen LogP contribution in [0.4, 0.5) is 5.82 Å². The Kier molecular flexibility index (Phi) is 3.90. The summed E-state index contributed by atoms with van der Waals surface area (Å²) in [7, 11) is 1.57. The largest absolute Gasteiger partial charge is 0.480 e. The van der Waals surface area contributed by atoms with Gasteiger partial charge in [0.15, 0.2) is 0 Å². The van der Waals surface area contributed by atoms with E-state index in [9.17, 15) is 0 Å². The molecule has 0 radical (unpaired) electrons. The summed E-state index contributed by atoms with van der Waals surface area (Å²) >= 11 is 0. The fourth-order valence-electron chi connectivity index (χ4n) is 1.51. The molecule has 1 atom stereocenters. The Labute approximate surface area is 94.4 Å². The van der Waals surface area contributed by atoms with Crippen LogP contribution in [0, 0.1) is 0 Å². The zero-order valence-corrected chi connectivity index (χ0v) is 9.27. The van der Waals surface area contributed by atoms with Crippen molar-refractivity contribution in [2.75, 3.05) is 38.7 Å². The van der Waals surface area contributed by atoms with Crippen LogP contribution in [0.1, 0.15) is 0 Å². The van der Waals surface area contributed by atoms with Crippen LogP contribution in [0.25, 0.3) is 0 Å². The lowest BCUT2D eigenvalue weighted by Gasteiger charge is -2.24. The van der Waals surface area contributed by atoms with Gasteiger partial charge in [-0.2, -0.15) is 4.98 Å². The molecule has 0 aromatic carbocycles. The van der Waals surface area contributed by atoms with Gasteiger partial charge in [0, 0.05) is 19.1 Å². The number of methoxy groups -OCH3 is 1. The maximum atomic E-state index is 5.35. The third-order valence-electron chi connectivity index (χ3n) is 2.35. The van der Waals surface area contributed by atoms with Gasteiger partial charge in [-0.3, -0.25) is 4.98 Å². The third kappa shape index (κ3) is 3.04. The Hall–Kier alpha value is -1.40. The molecule has 0 spiro atoms. The van der Waals surface area contributed by atoms with Crippen LogP contribution in [-0.4, -0.2) is 49.4 Å². The van der Waals surface area contributed by atoms with E-state index >= 15 is 0 Å². The van der Waals surface area contributed by atoms with Crippen LogP contribution < -0.4 is 15.4 Å². The van der Waals surface area contributed by atoms with Crippen molar-refractivity contribution >= 4 is 5.82 Å². The summed E-state index contributed by atoms with van der Waals surface area (Å²) in [6.07, 6.45) is 3.25. The molecular weight excluding hydrogens is 208 g/mol. The second-order valence-electron chi connectivity index (χ2n) is 3.55. The van der Waals surface area contributed by atoms with Gasteiger partial charge >= 0.3 is 0 Å². The SMILES string of the molecule is COc1cncc(NCC2COCCN2)n1. The fraction of sp³-hybridized carbons (Fsp3) is 0.600. The maximum absolute atomic E-state index is 5.35. The molecule has 88 valence electrons. The van der Waals surface area contributed by atoms with Gasteiger partial charge in [0.2, 0.25) is 5.88 Å². The average Bonchev–Trinajstić information content (AvgIpc) is 2.38. The molecule has 0 aliphatic carbocycles. The zero-order chi connectivity index (χ0) is 11.2. The lowest BCUT2D eigenvalue weighted by molar-refractivity contribution is 0.0806. The van der Waals surface area contributed by atoms with Crippen molar-refractivity contribution in [1.29, 1.82) is 0 Å². The van der Waals surface area contributed by atoms with Gasteiger partial charge in [0.25, 0.3) is 0 Å². The van der Waals surface area contributed by atoms with E-state index in [2.05, 4.69) is 20.6 Å². The monoisotopic (exact) mass is 224 g/mol. The molecule has 16 heavy (non-hydrogen) atoms. The number of nitrogens with zero attached hydrogens (tertiary/aromatic N) is 2. The highest BCUT2D eigenvalue weighted by atomic mass is 16.5. The molecule has 1 aromatic heterocycles. The summed E-state index contributed by atoms with van der Waals surface area (Å²) in [6.45, 7) is 3.18. The van der Waals surface area contributed by atoms with E-state index in [1.54, 1.807) is 19.5 Å². The Balaban J connectivity index is 1.83. The molecule has 0 amide bonds. The highest BCUT2D eigenvalue weighted by Gasteiger charge is 2.12. The Bertz CT molecular complexity index is 328. The quantitative estimate of drug-likeness (QED) is 0.743. The Morgan fingerprint density at radius 2 is 2.56 bits per heavy atom. The summed E-state index contributed by atoms with van der Waals surface area (Å²) in [5.74, 6) is 1.23. The second-order valence-corrected chi connectivity index (χ2v) is 3.55. The minimum absolute atomic E-state index is 0.321. The minimum Gasteiger partial charge on any atom is -0.480 e. The second kappa shape index (κ2) is 5.62. The lowest BCUT2D eigenvalue weighted by atomic mass is 10.3. The minimum atomic E-state index is 0.321. The molecular formula is C10H16N4O2. The number of anilines is 1. The molecule has 2 rings (SSSR count). The highest BCUT2D eigenvalue weighted by molar-refractivity contribution is 5.33. The van der Waals surface area contributed by atoms with Gasteiger partial charge in [-0.25, -0.2) is 0 Å².